The predicted molar refractivity (Wildman–Crippen MR) is 146 cm³/mol. The quantitative estimate of drug-likeness (QED) is 0.417. The van der Waals surface area contributed by atoms with Crippen LogP contribution in [0, 0.1) is 6.92 Å². The van der Waals surface area contributed by atoms with Crippen LogP contribution in [0.3, 0.4) is 0 Å². The van der Waals surface area contributed by atoms with Crippen LogP contribution in [0.25, 0.3) is 11.7 Å². The molecule has 2 aromatic rings. The number of anilines is 1. The van der Waals surface area contributed by atoms with Crippen molar-refractivity contribution < 1.29 is 19.1 Å². The molecule has 0 spiro atoms. The molecule has 37 heavy (non-hydrogen) atoms. The first-order chi connectivity index (χ1) is 17.9. The molecule has 1 unspecified atom stereocenters. The van der Waals surface area contributed by atoms with Crippen molar-refractivity contribution in [2.24, 2.45) is 0 Å². The summed E-state index contributed by atoms with van der Waals surface area (Å²) >= 11 is 6.69. The van der Waals surface area contributed by atoms with Gasteiger partial charge in [-0.15, -0.1) is 0 Å². The van der Waals surface area contributed by atoms with E-state index >= 15 is 0 Å². The van der Waals surface area contributed by atoms with E-state index in [0.717, 1.165) is 18.4 Å². The summed E-state index contributed by atoms with van der Waals surface area (Å²) in [6.45, 7) is 6.95. The van der Waals surface area contributed by atoms with Gasteiger partial charge < -0.3 is 19.3 Å². The smallest absolute Gasteiger partial charge is 0.409 e. The van der Waals surface area contributed by atoms with Crippen molar-refractivity contribution in [1.29, 1.82) is 0 Å². The average Bonchev–Trinajstić information content (AvgIpc) is 3.50. The number of hydrogen-bond acceptors (Lipinski definition) is 9. The zero-order chi connectivity index (χ0) is 26.1. The van der Waals surface area contributed by atoms with Crippen LogP contribution in [0.5, 0.6) is 0 Å². The lowest BCUT2D eigenvalue weighted by Crippen LogP contribution is -2.49. The van der Waals surface area contributed by atoms with Crippen molar-refractivity contribution in [1.82, 2.24) is 19.2 Å². The van der Waals surface area contributed by atoms with Crippen molar-refractivity contribution in [3.05, 3.63) is 44.7 Å². The van der Waals surface area contributed by atoms with Crippen LogP contribution in [-0.2, 0) is 14.3 Å². The molecule has 1 atom stereocenters. The number of piperazine rings is 1. The molecular weight excluding hydrogens is 514 g/mol. The third-order valence-corrected chi connectivity index (χ3v) is 8.11. The lowest BCUT2D eigenvalue weighted by molar-refractivity contribution is -0.123. The number of nitrogens with zero attached hydrogens (tertiary/aromatic N) is 5. The standard InChI is InChI=1S/C25H29N5O5S2/c1-3-34-24(33)28-11-9-27(10-12-28)21-18(22(31)29-8-4-6-16(2)20(29)26-21)14-19-23(32)30(25(36)37-19)15-17-7-5-13-35-17/h4,6,8,14,17H,3,5,7,9-13,15H2,1-2H3/b19-14+. The number of pyridine rings is 1. The zero-order valence-corrected chi connectivity index (χ0v) is 22.5. The molecule has 0 radical (unpaired) electrons. The van der Waals surface area contributed by atoms with Crippen molar-refractivity contribution >= 4 is 57.8 Å². The fourth-order valence-electron chi connectivity index (χ4n) is 4.76. The van der Waals surface area contributed by atoms with Gasteiger partial charge in [0.05, 0.1) is 29.7 Å². The minimum Gasteiger partial charge on any atom is -0.450 e. The minimum absolute atomic E-state index is 0.0240. The Morgan fingerprint density at radius 3 is 2.78 bits per heavy atom. The third-order valence-electron chi connectivity index (χ3n) is 6.73. The molecule has 0 N–H and O–H groups in total. The van der Waals surface area contributed by atoms with E-state index in [-0.39, 0.29) is 23.7 Å². The van der Waals surface area contributed by atoms with Crippen LogP contribution in [0.4, 0.5) is 10.6 Å². The molecule has 3 aliphatic heterocycles. The van der Waals surface area contributed by atoms with E-state index < -0.39 is 0 Å². The summed E-state index contributed by atoms with van der Waals surface area (Å²) in [5.74, 6) is 0.268. The first kappa shape index (κ1) is 25.7. The summed E-state index contributed by atoms with van der Waals surface area (Å²) in [5.41, 5.74) is 1.48. The highest BCUT2D eigenvalue weighted by atomic mass is 32.2. The molecule has 3 fully saturated rings. The number of thiocarbonyl (C=S) groups is 1. The van der Waals surface area contributed by atoms with Crippen molar-refractivity contribution in [3.63, 3.8) is 0 Å². The van der Waals surface area contributed by atoms with Gasteiger partial charge in [0.15, 0.2) is 0 Å². The van der Waals surface area contributed by atoms with Crippen molar-refractivity contribution in [2.75, 3.05) is 50.8 Å². The second-order valence-electron chi connectivity index (χ2n) is 9.14. The monoisotopic (exact) mass is 543 g/mol. The first-order valence-electron chi connectivity index (χ1n) is 12.4. The van der Waals surface area contributed by atoms with Crippen LogP contribution in [0.1, 0.15) is 30.9 Å². The Morgan fingerprint density at radius 1 is 1.30 bits per heavy atom. The van der Waals surface area contributed by atoms with Crippen LogP contribution in [-0.4, -0.2) is 87.5 Å². The Bertz CT molecular complexity index is 1330. The van der Waals surface area contributed by atoms with Gasteiger partial charge in [0.25, 0.3) is 11.5 Å². The Morgan fingerprint density at radius 2 is 2.08 bits per heavy atom. The van der Waals surface area contributed by atoms with Gasteiger partial charge in [-0.25, -0.2) is 9.78 Å². The molecule has 12 heteroatoms. The molecule has 2 amide bonds. The maximum atomic E-state index is 13.7. The third kappa shape index (κ3) is 5.10. The number of aryl methyl sites for hydroxylation is 1. The molecule has 2 aromatic heterocycles. The maximum Gasteiger partial charge on any atom is 0.409 e. The second kappa shape index (κ2) is 10.8. The van der Waals surface area contributed by atoms with Gasteiger partial charge >= 0.3 is 6.09 Å². The van der Waals surface area contributed by atoms with Crippen molar-refractivity contribution in [2.45, 2.75) is 32.8 Å². The molecular formula is C25H29N5O5S2. The Balaban J connectivity index is 1.50. The van der Waals surface area contributed by atoms with Gasteiger partial charge in [-0.05, 0) is 44.4 Å². The van der Waals surface area contributed by atoms with E-state index in [0.29, 0.717) is 72.2 Å². The Labute approximate surface area is 224 Å². The largest absolute Gasteiger partial charge is 0.450 e. The number of hydrogen-bond donors (Lipinski definition) is 0. The fraction of sp³-hybridized carbons (Fsp3) is 0.480. The molecule has 5 rings (SSSR count). The summed E-state index contributed by atoms with van der Waals surface area (Å²) < 4.78 is 12.8. The number of fused-ring (bicyclic) bond motifs is 1. The number of carbonyl (C=O) groups excluding carboxylic acids is 2. The highest BCUT2D eigenvalue weighted by molar-refractivity contribution is 8.26. The lowest BCUT2D eigenvalue weighted by Gasteiger charge is -2.35. The number of thioether (sulfide) groups is 1. The number of carbonyl (C=O) groups is 2. The van der Waals surface area contributed by atoms with E-state index in [1.54, 1.807) is 35.1 Å². The van der Waals surface area contributed by atoms with Crippen LogP contribution in [0.2, 0.25) is 0 Å². The van der Waals surface area contributed by atoms with Gasteiger partial charge in [0.1, 0.15) is 15.8 Å². The number of ether oxygens (including phenoxy) is 2. The normalized spacial score (nSPS) is 21.5. The number of aromatic nitrogens is 2. The Kier molecular flexibility index (Phi) is 7.50. The average molecular weight is 544 g/mol. The van der Waals surface area contributed by atoms with Crippen LogP contribution in [0.15, 0.2) is 28.0 Å². The molecule has 5 heterocycles. The highest BCUT2D eigenvalue weighted by Gasteiger charge is 2.35. The molecule has 0 aliphatic carbocycles. The molecule has 3 saturated heterocycles. The van der Waals surface area contributed by atoms with Gasteiger partial charge in [-0.1, -0.05) is 30.0 Å². The fourth-order valence-corrected chi connectivity index (χ4v) is 6.02. The summed E-state index contributed by atoms with van der Waals surface area (Å²) in [6, 6.07) is 3.70. The Hall–Kier alpha value is -2.96. The number of amides is 2. The lowest BCUT2D eigenvalue weighted by atomic mass is 10.2. The zero-order valence-electron chi connectivity index (χ0n) is 20.8. The van der Waals surface area contributed by atoms with Gasteiger partial charge in [-0.3, -0.25) is 18.9 Å². The van der Waals surface area contributed by atoms with Gasteiger partial charge in [0.2, 0.25) is 0 Å². The summed E-state index contributed by atoms with van der Waals surface area (Å²) in [6.07, 6.45) is 4.80. The predicted octanol–water partition coefficient (Wildman–Crippen LogP) is 2.66. The summed E-state index contributed by atoms with van der Waals surface area (Å²) in [4.78, 5) is 49.7. The summed E-state index contributed by atoms with van der Waals surface area (Å²) in [7, 11) is 0. The molecule has 0 aromatic carbocycles. The minimum atomic E-state index is -0.348. The molecule has 10 nitrogen and oxygen atoms in total. The topological polar surface area (TPSA) is 96.7 Å². The van der Waals surface area contributed by atoms with Crippen LogP contribution >= 0.6 is 24.0 Å². The number of rotatable bonds is 5. The maximum absolute atomic E-state index is 13.7. The SMILES string of the molecule is CCOC(=O)N1CCN(c2nc3c(C)cccn3c(=O)c2/C=C2/SC(=S)N(CC3CCCO3)C2=O)CC1. The van der Waals surface area contributed by atoms with E-state index in [4.69, 9.17) is 26.7 Å². The van der Waals surface area contributed by atoms with E-state index in [2.05, 4.69) is 0 Å². The molecule has 196 valence electrons. The molecule has 0 bridgehead atoms. The second-order valence-corrected chi connectivity index (χ2v) is 10.8. The van der Waals surface area contributed by atoms with Crippen LogP contribution < -0.4 is 10.5 Å². The van der Waals surface area contributed by atoms with E-state index in [1.807, 2.05) is 17.9 Å². The highest BCUT2D eigenvalue weighted by Crippen LogP contribution is 2.34. The molecule has 3 aliphatic rings. The summed E-state index contributed by atoms with van der Waals surface area (Å²) in [5, 5.41) is 0. The van der Waals surface area contributed by atoms with E-state index in [1.165, 1.54) is 16.2 Å². The van der Waals surface area contributed by atoms with Gasteiger partial charge in [-0.2, -0.15) is 0 Å². The van der Waals surface area contributed by atoms with E-state index in [9.17, 15) is 14.4 Å². The van der Waals surface area contributed by atoms with Crippen molar-refractivity contribution in [3.8, 4) is 0 Å². The molecule has 0 saturated carbocycles. The first-order valence-corrected chi connectivity index (χ1v) is 13.7. The van der Waals surface area contributed by atoms with Gasteiger partial charge in [0, 0.05) is 39.0 Å².